The van der Waals surface area contributed by atoms with Crippen LogP contribution in [0.25, 0.3) is 0 Å². The molecule has 0 saturated carbocycles. The third-order valence-corrected chi connectivity index (χ3v) is 3.12. The number of fused-ring (bicyclic) bond motifs is 1. The largest absolute Gasteiger partial charge is 0.486 e. The molecule has 0 bridgehead atoms. The zero-order valence-corrected chi connectivity index (χ0v) is 11.2. The monoisotopic (exact) mass is 265 g/mol. The summed E-state index contributed by atoms with van der Waals surface area (Å²) in [4.78, 5) is 11.0. The van der Waals surface area contributed by atoms with Crippen LogP contribution in [-0.4, -0.2) is 36.4 Å². The minimum Gasteiger partial charge on any atom is -0.486 e. The molecule has 5 heteroatoms. The maximum atomic E-state index is 11.0. The van der Waals surface area contributed by atoms with Crippen molar-refractivity contribution in [2.75, 3.05) is 19.8 Å². The number of carboxylic acid groups (broad SMARTS) is 1. The summed E-state index contributed by atoms with van der Waals surface area (Å²) in [6, 6.07) is 5.82. The van der Waals surface area contributed by atoms with Gasteiger partial charge < -0.3 is 19.9 Å². The van der Waals surface area contributed by atoms with E-state index in [1.807, 2.05) is 18.2 Å². The molecule has 1 aromatic carbocycles. The van der Waals surface area contributed by atoms with E-state index in [0.717, 1.165) is 23.5 Å². The Labute approximate surface area is 112 Å². The fourth-order valence-corrected chi connectivity index (χ4v) is 1.84. The fraction of sp³-hybridized carbons (Fsp3) is 0.500. The Morgan fingerprint density at radius 2 is 2.00 bits per heavy atom. The zero-order chi connectivity index (χ0) is 13.9. The first-order valence-electron chi connectivity index (χ1n) is 6.36. The van der Waals surface area contributed by atoms with E-state index in [1.165, 1.54) is 0 Å². The highest BCUT2D eigenvalue weighted by atomic mass is 16.6. The second kappa shape index (κ2) is 5.48. The average molecular weight is 265 g/mol. The van der Waals surface area contributed by atoms with Gasteiger partial charge in [0.15, 0.2) is 11.5 Å². The first-order chi connectivity index (χ1) is 8.99. The lowest BCUT2D eigenvalue weighted by molar-refractivity contribution is -0.143. The topological polar surface area (TPSA) is 67.8 Å². The predicted molar refractivity (Wildman–Crippen MR) is 70.9 cm³/mol. The van der Waals surface area contributed by atoms with Gasteiger partial charge in [0, 0.05) is 6.54 Å². The van der Waals surface area contributed by atoms with E-state index in [4.69, 9.17) is 14.6 Å². The van der Waals surface area contributed by atoms with Gasteiger partial charge in [-0.05, 0) is 38.0 Å². The van der Waals surface area contributed by atoms with Crippen molar-refractivity contribution < 1.29 is 19.4 Å². The highest BCUT2D eigenvalue weighted by Gasteiger charge is 2.25. The van der Waals surface area contributed by atoms with Gasteiger partial charge in [-0.15, -0.1) is 0 Å². The lowest BCUT2D eigenvalue weighted by Gasteiger charge is -2.21. The molecule has 1 aliphatic rings. The molecule has 0 spiro atoms. The average Bonchev–Trinajstić information content (AvgIpc) is 2.38. The summed E-state index contributed by atoms with van der Waals surface area (Å²) >= 11 is 0. The molecule has 0 aromatic heterocycles. The molecule has 5 nitrogen and oxygen atoms in total. The third-order valence-electron chi connectivity index (χ3n) is 3.12. The van der Waals surface area contributed by atoms with Crippen LogP contribution < -0.4 is 14.8 Å². The summed E-state index contributed by atoms with van der Waals surface area (Å²) in [5.74, 6) is 0.685. The Hall–Kier alpha value is -1.75. The molecule has 19 heavy (non-hydrogen) atoms. The van der Waals surface area contributed by atoms with Gasteiger partial charge in [0.2, 0.25) is 0 Å². The van der Waals surface area contributed by atoms with Crippen molar-refractivity contribution in [3.05, 3.63) is 23.8 Å². The number of hydrogen-bond acceptors (Lipinski definition) is 4. The number of aliphatic carboxylic acids is 1. The SMILES string of the molecule is CC(C)(NCCc1ccc2c(c1)OCCO2)C(=O)O. The highest BCUT2D eigenvalue weighted by Crippen LogP contribution is 2.30. The van der Waals surface area contributed by atoms with E-state index in [1.54, 1.807) is 13.8 Å². The van der Waals surface area contributed by atoms with Crippen molar-refractivity contribution in [2.24, 2.45) is 0 Å². The minimum atomic E-state index is -0.909. The molecule has 2 rings (SSSR count). The summed E-state index contributed by atoms with van der Waals surface area (Å²) in [5.41, 5.74) is 0.186. The second-order valence-corrected chi connectivity index (χ2v) is 5.08. The Morgan fingerprint density at radius 3 is 2.68 bits per heavy atom. The number of hydrogen-bond donors (Lipinski definition) is 2. The summed E-state index contributed by atoms with van der Waals surface area (Å²) < 4.78 is 11.0. The van der Waals surface area contributed by atoms with E-state index in [-0.39, 0.29) is 0 Å². The van der Waals surface area contributed by atoms with Crippen LogP contribution >= 0.6 is 0 Å². The lowest BCUT2D eigenvalue weighted by atomic mass is 10.1. The first-order valence-corrected chi connectivity index (χ1v) is 6.36. The number of ether oxygens (including phenoxy) is 2. The number of benzene rings is 1. The van der Waals surface area contributed by atoms with Crippen molar-refractivity contribution in [3.63, 3.8) is 0 Å². The molecule has 0 amide bonds. The molecule has 2 N–H and O–H groups in total. The Balaban J connectivity index is 1.92. The van der Waals surface area contributed by atoms with Crippen LogP contribution in [0.1, 0.15) is 19.4 Å². The highest BCUT2D eigenvalue weighted by molar-refractivity contribution is 5.77. The van der Waals surface area contributed by atoms with Crippen molar-refractivity contribution in [3.8, 4) is 11.5 Å². The molecule has 1 aromatic rings. The summed E-state index contributed by atoms with van der Waals surface area (Å²) in [7, 11) is 0. The van der Waals surface area contributed by atoms with E-state index < -0.39 is 11.5 Å². The number of carbonyl (C=O) groups is 1. The smallest absolute Gasteiger partial charge is 0.323 e. The molecule has 104 valence electrons. The van der Waals surface area contributed by atoms with E-state index >= 15 is 0 Å². The van der Waals surface area contributed by atoms with Gasteiger partial charge in [-0.25, -0.2) is 0 Å². The second-order valence-electron chi connectivity index (χ2n) is 5.08. The van der Waals surface area contributed by atoms with Crippen LogP contribution in [0.4, 0.5) is 0 Å². The van der Waals surface area contributed by atoms with Crippen LogP contribution in [0.2, 0.25) is 0 Å². The number of nitrogens with one attached hydrogen (secondary N) is 1. The maximum absolute atomic E-state index is 11.0. The van der Waals surface area contributed by atoms with Crippen LogP contribution in [0.3, 0.4) is 0 Å². The molecule has 1 aliphatic heterocycles. The molecular weight excluding hydrogens is 246 g/mol. The van der Waals surface area contributed by atoms with Gasteiger partial charge in [-0.2, -0.15) is 0 Å². The third kappa shape index (κ3) is 3.38. The van der Waals surface area contributed by atoms with Gasteiger partial charge in [0.1, 0.15) is 18.8 Å². The van der Waals surface area contributed by atoms with Crippen molar-refractivity contribution in [1.82, 2.24) is 5.32 Å². The molecule has 0 fully saturated rings. The lowest BCUT2D eigenvalue weighted by Crippen LogP contribution is -2.47. The Bertz CT molecular complexity index is 471. The maximum Gasteiger partial charge on any atom is 0.323 e. The summed E-state index contributed by atoms with van der Waals surface area (Å²) in [6.45, 7) is 5.05. The Morgan fingerprint density at radius 1 is 1.32 bits per heavy atom. The van der Waals surface area contributed by atoms with Crippen LogP contribution in [-0.2, 0) is 11.2 Å². The number of rotatable bonds is 5. The summed E-state index contributed by atoms with van der Waals surface area (Å²) in [5, 5.41) is 12.0. The van der Waals surface area contributed by atoms with Crippen molar-refractivity contribution >= 4 is 5.97 Å². The fourth-order valence-electron chi connectivity index (χ4n) is 1.84. The molecule has 0 radical (unpaired) electrons. The van der Waals surface area contributed by atoms with Gasteiger partial charge in [-0.1, -0.05) is 6.07 Å². The molecule has 1 heterocycles. The quantitative estimate of drug-likeness (QED) is 0.843. The van der Waals surface area contributed by atoms with E-state index in [9.17, 15) is 4.79 Å². The molecular formula is C14H19NO4. The Kier molecular flexibility index (Phi) is 3.95. The van der Waals surface area contributed by atoms with E-state index in [2.05, 4.69) is 5.32 Å². The number of carboxylic acids is 1. The van der Waals surface area contributed by atoms with Crippen LogP contribution in [0, 0.1) is 0 Å². The normalized spacial score (nSPS) is 14.2. The molecule has 0 unspecified atom stereocenters. The van der Waals surface area contributed by atoms with Crippen LogP contribution in [0.15, 0.2) is 18.2 Å². The van der Waals surface area contributed by atoms with Crippen molar-refractivity contribution in [1.29, 1.82) is 0 Å². The molecule has 0 saturated heterocycles. The minimum absolute atomic E-state index is 0.570. The van der Waals surface area contributed by atoms with E-state index in [0.29, 0.717) is 19.8 Å². The molecule has 0 atom stereocenters. The molecule has 0 aliphatic carbocycles. The van der Waals surface area contributed by atoms with Gasteiger partial charge >= 0.3 is 5.97 Å². The van der Waals surface area contributed by atoms with Gasteiger partial charge in [-0.3, -0.25) is 4.79 Å². The van der Waals surface area contributed by atoms with Crippen LogP contribution in [0.5, 0.6) is 11.5 Å². The zero-order valence-electron chi connectivity index (χ0n) is 11.2. The van der Waals surface area contributed by atoms with Gasteiger partial charge in [0.25, 0.3) is 0 Å². The summed E-state index contributed by atoms with van der Waals surface area (Å²) in [6.07, 6.45) is 0.743. The first kappa shape index (κ1) is 13.7. The van der Waals surface area contributed by atoms with Crippen molar-refractivity contribution in [2.45, 2.75) is 25.8 Å². The predicted octanol–water partition coefficient (Wildman–Crippen LogP) is 1.45. The standard InChI is InChI=1S/C14H19NO4/c1-14(2,13(16)17)15-6-5-10-3-4-11-12(9-10)19-8-7-18-11/h3-4,9,15H,5-8H2,1-2H3,(H,16,17). The van der Waals surface area contributed by atoms with Gasteiger partial charge in [0.05, 0.1) is 0 Å².